The van der Waals surface area contributed by atoms with Gasteiger partial charge in [-0.25, -0.2) is 9.97 Å². The molecule has 0 spiro atoms. The van der Waals surface area contributed by atoms with Gasteiger partial charge in [0.15, 0.2) is 5.82 Å². The minimum absolute atomic E-state index is 0.124. The first-order chi connectivity index (χ1) is 13.7. The zero-order valence-corrected chi connectivity index (χ0v) is 15.9. The standard InChI is InChI=1S/C21H22N4O3/c1-27-19-9-16(26)10-20(28-2)17(19)13-25-8-5-18-15(12-25)11-23-21(24-18)14-3-6-22-7-4-14/h3-4,6-7,9-11,26H,5,8,12-13H2,1-2H3. The van der Waals surface area contributed by atoms with E-state index in [1.54, 1.807) is 38.7 Å². The Morgan fingerprint density at radius 1 is 1.11 bits per heavy atom. The summed E-state index contributed by atoms with van der Waals surface area (Å²) in [7, 11) is 3.19. The van der Waals surface area contributed by atoms with Crippen molar-refractivity contribution in [1.29, 1.82) is 0 Å². The topological polar surface area (TPSA) is 80.6 Å². The summed E-state index contributed by atoms with van der Waals surface area (Å²) in [5, 5.41) is 9.84. The van der Waals surface area contributed by atoms with Gasteiger partial charge in [0.25, 0.3) is 0 Å². The molecule has 7 heteroatoms. The van der Waals surface area contributed by atoms with Crippen LogP contribution in [0.3, 0.4) is 0 Å². The lowest BCUT2D eigenvalue weighted by molar-refractivity contribution is 0.234. The molecule has 0 aliphatic carbocycles. The molecule has 2 aromatic heterocycles. The minimum atomic E-state index is 0.124. The third-order valence-corrected chi connectivity index (χ3v) is 4.93. The van der Waals surface area contributed by atoms with Crippen LogP contribution in [0.2, 0.25) is 0 Å². The van der Waals surface area contributed by atoms with Crippen LogP contribution in [0.15, 0.2) is 42.9 Å². The zero-order valence-electron chi connectivity index (χ0n) is 15.9. The van der Waals surface area contributed by atoms with Gasteiger partial charge in [-0.15, -0.1) is 0 Å². The molecule has 3 heterocycles. The molecule has 0 saturated carbocycles. The van der Waals surface area contributed by atoms with E-state index in [4.69, 9.17) is 14.5 Å². The molecule has 28 heavy (non-hydrogen) atoms. The highest BCUT2D eigenvalue weighted by Gasteiger charge is 2.22. The average Bonchev–Trinajstić information content (AvgIpc) is 2.74. The summed E-state index contributed by atoms with van der Waals surface area (Å²) in [6, 6.07) is 7.06. The third kappa shape index (κ3) is 3.61. The zero-order chi connectivity index (χ0) is 19.5. The molecule has 0 fully saturated rings. The van der Waals surface area contributed by atoms with Crippen molar-refractivity contribution in [3.63, 3.8) is 0 Å². The Hall–Kier alpha value is -3.19. The van der Waals surface area contributed by atoms with Gasteiger partial charge in [-0.3, -0.25) is 9.88 Å². The highest BCUT2D eigenvalue weighted by Crippen LogP contribution is 2.35. The lowest BCUT2D eigenvalue weighted by Gasteiger charge is -2.29. The van der Waals surface area contributed by atoms with Crippen molar-refractivity contribution < 1.29 is 14.6 Å². The molecule has 3 aromatic rings. The summed E-state index contributed by atoms with van der Waals surface area (Å²) in [4.78, 5) is 15.6. The number of hydrogen-bond acceptors (Lipinski definition) is 7. The van der Waals surface area contributed by atoms with Gasteiger partial charge in [0.05, 0.1) is 25.5 Å². The molecule has 0 atom stereocenters. The summed E-state index contributed by atoms with van der Waals surface area (Å²) in [6.07, 6.45) is 6.25. The van der Waals surface area contributed by atoms with Gasteiger partial charge in [0.2, 0.25) is 0 Å². The van der Waals surface area contributed by atoms with E-state index in [0.29, 0.717) is 18.0 Å². The maximum atomic E-state index is 9.84. The van der Waals surface area contributed by atoms with Crippen LogP contribution in [0.25, 0.3) is 11.4 Å². The van der Waals surface area contributed by atoms with E-state index in [0.717, 1.165) is 47.7 Å². The Labute approximate surface area is 163 Å². The normalized spacial score (nSPS) is 13.8. The highest BCUT2D eigenvalue weighted by molar-refractivity contribution is 5.54. The molecule has 0 saturated heterocycles. The minimum Gasteiger partial charge on any atom is -0.508 e. The largest absolute Gasteiger partial charge is 0.508 e. The molecule has 1 aliphatic rings. The number of aromatic hydroxyl groups is 1. The number of benzene rings is 1. The maximum absolute atomic E-state index is 9.84. The van der Waals surface area contributed by atoms with Crippen LogP contribution in [0.5, 0.6) is 17.2 Å². The number of nitrogens with zero attached hydrogens (tertiary/aromatic N) is 4. The molecule has 0 unspecified atom stereocenters. The van der Waals surface area contributed by atoms with Crippen molar-refractivity contribution in [2.45, 2.75) is 19.5 Å². The van der Waals surface area contributed by atoms with Crippen molar-refractivity contribution >= 4 is 0 Å². The Morgan fingerprint density at radius 2 is 1.82 bits per heavy atom. The van der Waals surface area contributed by atoms with Crippen LogP contribution in [-0.4, -0.2) is 45.7 Å². The van der Waals surface area contributed by atoms with Crippen LogP contribution in [0.4, 0.5) is 0 Å². The van der Waals surface area contributed by atoms with Gasteiger partial charge in [0, 0.05) is 67.9 Å². The fourth-order valence-corrected chi connectivity index (χ4v) is 3.50. The Balaban J connectivity index is 1.56. The van der Waals surface area contributed by atoms with Crippen molar-refractivity contribution in [1.82, 2.24) is 19.9 Å². The molecule has 1 N–H and O–H groups in total. The van der Waals surface area contributed by atoms with Gasteiger partial charge in [-0.05, 0) is 12.1 Å². The van der Waals surface area contributed by atoms with E-state index in [1.165, 1.54) is 0 Å². The first-order valence-electron chi connectivity index (χ1n) is 9.09. The van der Waals surface area contributed by atoms with Crippen molar-refractivity contribution in [3.8, 4) is 28.6 Å². The molecule has 0 amide bonds. The maximum Gasteiger partial charge on any atom is 0.159 e. The first-order valence-corrected chi connectivity index (χ1v) is 9.09. The second-order valence-electron chi connectivity index (χ2n) is 6.69. The number of phenols is 1. The van der Waals surface area contributed by atoms with Gasteiger partial charge in [-0.1, -0.05) is 0 Å². The number of fused-ring (bicyclic) bond motifs is 1. The van der Waals surface area contributed by atoms with Crippen LogP contribution in [0.1, 0.15) is 16.8 Å². The smallest absolute Gasteiger partial charge is 0.159 e. The fraction of sp³-hybridized carbons (Fsp3) is 0.286. The summed E-state index contributed by atoms with van der Waals surface area (Å²) in [6.45, 7) is 2.27. The quantitative estimate of drug-likeness (QED) is 0.731. The van der Waals surface area contributed by atoms with Crippen molar-refractivity contribution in [3.05, 3.63) is 59.7 Å². The number of rotatable bonds is 5. The molecule has 0 bridgehead atoms. The number of pyridine rings is 1. The van der Waals surface area contributed by atoms with E-state index < -0.39 is 0 Å². The van der Waals surface area contributed by atoms with Crippen LogP contribution in [0, 0.1) is 0 Å². The molecule has 1 aromatic carbocycles. The number of methoxy groups -OCH3 is 2. The predicted octanol–water partition coefficient (Wildman–Crippen LogP) is 2.82. The van der Waals surface area contributed by atoms with Crippen molar-refractivity contribution in [2.24, 2.45) is 0 Å². The summed E-state index contributed by atoms with van der Waals surface area (Å²) in [5.74, 6) is 2.09. The number of hydrogen-bond donors (Lipinski definition) is 1. The van der Waals surface area contributed by atoms with E-state index in [9.17, 15) is 5.11 Å². The van der Waals surface area contributed by atoms with E-state index in [2.05, 4.69) is 14.9 Å². The average molecular weight is 378 g/mol. The fourth-order valence-electron chi connectivity index (χ4n) is 3.50. The Kier molecular flexibility index (Phi) is 5.08. The van der Waals surface area contributed by atoms with Gasteiger partial charge in [0.1, 0.15) is 17.2 Å². The lowest BCUT2D eigenvalue weighted by Crippen LogP contribution is -2.31. The van der Waals surface area contributed by atoms with Gasteiger partial charge >= 0.3 is 0 Å². The number of aromatic nitrogens is 3. The van der Waals surface area contributed by atoms with E-state index in [1.807, 2.05) is 18.3 Å². The molecule has 0 radical (unpaired) electrons. The Morgan fingerprint density at radius 3 is 2.50 bits per heavy atom. The number of phenolic OH excluding ortho intramolecular Hbond substituents is 1. The van der Waals surface area contributed by atoms with Gasteiger partial charge in [-0.2, -0.15) is 0 Å². The molecule has 144 valence electrons. The summed E-state index contributed by atoms with van der Waals surface area (Å²) >= 11 is 0. The van der Waals surface area contributed by atoms with Crippen LogP contribution < -0.4 is 9.47 Å². The van der Waals surface area contributed by atoms with Gasteiger partial charge < -0.3 is 14.6 Å². The third-order valence-electron chi connectivity index (χ3n) is 4.93. The lowest BCUT2D eigenvalue weighted by atomic mass is 10.0. The van der Waals surface area contributed by atoms with E-state index in [-0.39, 0.29) is 5.75 Å². The summed E-state index contributed by atoms with van der Waals surface area (Å²) < 4.78 is 10.9. The molecule has 7 nitrogen and oxygen atoms in total. The first kappa shape index (κ1) is 18.2. The second-order valence-corrected chi connectivity index (χ2v) is 6.69. The SMILES string of the molecule is COc1cc(O)cc(OC)c1CN1CCc2nc(-c3ccncc3)ncc2C1. The number of ether oxygens (including phenoxy) is 2. The molecular weight excluding hydrogens is 356 g/mol. The molecule has 1 aliphatic heterocycles. The summed E-state index contributed by atoms with van der Waals surface area (Å²) in [5.41, 5.74) is 4.10. The predicted molar refractivity (Wildman–Crippen MR) is 104 cm³/mol. The van der Waals surface area contributed by atoms with E-state index >= 15 is 0 Å². The van der Waals surface area contributed by atoms with Crippen LogP contribution >= 0.6 is 0 Å². The monoisotopic (exact) mass is 378 g/mol. The second kappa shape index (κ2) is 7.82. The molecule has 4 rings (SSSR count). The molecular formula is C21H22N4O3. The Bertz CT molecular complexity index is 954. The van der Waals surface area contributed by atoms with Crippen molar-refractivity contribution in [2.75, 3.05) is 20.8 Å². The highest BCUT2D eigenvalue weighted by atomic mass is 16.5. The van der Waals surface area contributed by atoms with Crippen LogP contribution in [-0.2, 0) is 19.5 Å².